The second-order valence-electron chi connectivity index (χ2n) is 11.1. The van der Waals surface area contributed by atoms with Crippen LogP contribution in [0.25, 0.3) is 0 Å². The highest BCUT2D eigenvalue weighted by Gasteiger charge is 2.45. The summed E-state index contributed by atoms with van der Waals surface area (Å²) in [6.45, 7) is -0.753. The molecule has 0 saturated heterocycles. The first-order chi connectivity index (χ1) is 25.3. The van der Waals surface area contributed by atoms with Crippen LogP contribution >= 0.6 is 0 Å². The fourth-order valence-electron chi connectivity index (χ4n) is 4.94. The molecule has 5 aromatic carbocycles. The summed E-state index contributed by atoms with van der Waals surface area (Å²) in [4.78, 5) is 80.0. The highest BCUT2D eigenvalue weighted by molar-refractivity contribution is 5.93. The molecule has 0 aliphatic heterocycles. The molecule has 0 aliphatic carbocycles. The Morgan fingerprint density at radius 1 is 0.404 bits per heavy atom. The molecule has 0 unspecified atom stereocenters. The van der Waals surface area contributed by atoms with Crippen molar-refractivity contribution in [3.05, 3.63) is 179 Å². The Morgan fingerprint density at radius 2 is 0.712 bits per heavy atom. The number of esters is 5. The molecule has 52 heavy (non-hydrogen) atoms. The van der Waals surface area contributed by atoms with E-state index >= 15 is 0 Å². The lowest BCUT2D eigenvalue weighted by Crippen LogP contribution is -2.54. The molecule has 0 aliphatic rings. The average Bonchev–Trinajstić information content (AvgIpc) is 3.21. The Balaban J connectivity index is 1.59. The van der Waals surface area contributed by atoms with Crippen molar-refractivity contribution in [3.63, 3.8) is 0 Å². The van der Waals surface area contributed by atoms with E-state index in [0.29, 0.717) is 0 Å². The summed E-state index contributed by atoms with van der Waals surface area (Å²) < 4.78 is 28.7. The number of aldehydes is 1. The van der Waals surface area contributed by atoms with Crippen molar-refractivity contribution in [3.8, 4) is 0 Å². The molecule has 0 amide bonds. The van der Waals surface area contributed by atoms with Crippen LogP contribution in [0.15, 0.2) is 152 Å². The van der Waals surface area contributed by atoms with Crippen molar-refractivity contribution in [1.82, 2.24) is 0 Å². The second kappa shape index (κ2) is 18.2. The average molecular weight is 701 g/mol. The first kappa shape index (κ1) is 36.4. The number of rotatable bonds is 15. The summed E-state index contributed by atoms with van der Waals surface area (Å²) in [5.41, 5.74) is 0.370. The Labute approximate surface area is 298 Å². The van der Waals surface area contributed by atoms with Gasteiger partial charge >= 0.3 is 29.8 Å². The van der Waals surface area contributed by atoms with Gasteiger partial charge < -0.3 is 23.7 Å². The van der Waals surface area contributed by atoms with Crippen LogP contribution in [0.1, 0.15) is 51.8 Å². The van der Waals surface area contributed by atoms with Gasteiger partial charge in [-0.25, -0.2) is 24.0 Å². The molecule has 0 radical (unpaired) electrons. The molecular formula is C41H32O11. The summed E-state index contributed by atoms with van der Waals surface area (Å²) in [7, 11) is 0. The molecule has 0 aromatic heterocycles. The summed E-state index contributed by atoms with van der Waals surface area (Å²) in [5.74, 6) is -4.71. The van der Waals surface area contributed by atoms with Crippen LogP contribution in [0.5, 0.6) is 0 Å². The van der Waals surface area contributed by atoms with Crippen molar-refractivity contribution in [1.29, 1.82) is 0 Å². The maximum absolute atomic E-state index is 13.7. The van der Waals surface area contributed by atoms with E-state index in [-0.39, 0.29) is 34.1 Å². The van der Waals surface area contributed by atoms with Crippen LogP contribution in [0.3, 0.4) is 0 Å². The minimum atomic E-state index is -1.95. The Morgan fingerprint density at radius 3 is 1.08 bits per heavy atom. The van der Waals surface area contributed by atoms with E-state index < -0.39 is 60.9 Å². The smallest absolute Gasteiger partial charge is 0.338 e. The van der Waals surface area contributed by atoms with Crippen LogP contribution in [0, 0.1) is 0 Å². The molecule has 0 saturated carbocycles. The van der Waals surface area contributed by atoms with Gasteiger partial charge in [0.2, 0.25) is 0 Å². The van der Waals surface area contributed by atoms with Gasteiger partial charge in [-0.15, -0.1) is 0 Å². The Bertz CT molecular complexity index is 1950. The molecule has 11 nitrogen and oxygen atoms in total. The number of hydrogen-bond acceptors (Lipinski definition) is 11. The standard InChI is InChI=1S/C41H32O11/c42-26-33(49-38(44)29-18-8-2-9-19-29)35(51-40(46)31-22-12-4-13-23-31)36(52-41(47)32-24-14-5-15-25-32)34(50-39(45)30-20-10-3-11-21-30)27-48-37(43)28-16-6-1-7-17-28/h1-26,33-36H,27H2/t33-,34-,35-,36-/m1/s1. The Kier molecular flexibility index (Phi) is 12.7. The summed E-state index contributed by atoms with van der Waals surface area (Å²) in [6.07, 6.45) is -7.33. The third-order valence-electron chi connectivity index (χ3n) is 7.56. The molecule has 11 heteroatoms. The van der Waals surface area contributed by atoms with E-state index in [1.807, 2.05) is 0 Å². The predicted molar refractivity (Wildman–Crippen MR) is 185 cm³/mol. The second-order valence-corrected chi connectivity index (χ2v) is 11.1. The predicted octanol–water partition coefficient (Wildman–Crippen LogP) is 5.94. The molecule has 0 N–H and O–H groups in total. The molecule has 0 bridgehead atoms. The number of ether oxygens (including phenoxy) is 5. The van der Waals surface area contributed by atoms with Gasteiger partial charge in [0.25, 0.3) is 0 Å². The van der Waals surface area contributed by atoms with Crippen LogP contribution in [-0.4, -0.2) is 67.2 Å². The molecule has 0 fully saturated rings. The van der Waals surface area contributed by atoms with Crippen LogP contribution in [-0.2, 0) is 28.5 Å². The Hall–Kier alpha value is -6.88. The number of hydrogen-bond donors (Lipinski definition) is 0. The van der Waals surface area contributed by atoms with E-state index in [1.165, 1.54) is 60.7 Å². The third kappa shape index (κ3) is 9.85. The zero-order chi connectivity index (χ0) is 36.7. The van der Waals surface area contributed by atoms with Gasteiger partial charge in [0.05, 0.1) is 27.8 Å². The van der Waals surface area contributed by atoms with Crippen molar-refractivity contribution < 1.29 is 52.5 Å². The molecule has 4 atom stereocenters. The molecule has 262 valence electrons. The fraction of sp³-hybridized carbons (Fsp3) is 0.122. The summed E-state index contributed by atoms with van der Waals surface area (Å²) >= 11 is 0. The van der Waals surface area contributed by atoms with Crippen molar-refractivity contribution in [2.75, 3.05) is 6.61 Å². The molecule has 5 rings (SSSR count). The maximum Gasteiger partial charge on any atom is 0.338 e. The van der Waals surface area contributed by atoms with E-state index in [0.717, 1.165) is 0 Å². The molecule has 0 heterocycles. The first-order valence-corrected chi connectivity index (χ1v) is 16.1. The van der Waals surface area contributed by atoms with Gasteiger partial charge in [-0.2, -0.15) is 0 Å². The highest BCUT2D eigenvalue weighted by Crippen LogP contribution is 2.24. The number of carbonyl (C=O) groups excluding carboxylic acids is 6. The zero-order valence-electron chi connectivity index (χ0n) is 27.5. The van der Waals surface area contributed by atoms with Crippen LogP contribution in [0.2, 0.25) is 0 Å². The third-order valence-corrected chi connectivity index (χ3v) is 7.56. The van der Waals surface area contributed by atoms with Crippen molar-refractivity contribution >= 4 is 36.1 Å². The van der Waals surface area contributed by atoms with E-state index in [4.69, 9.17) is 23.7 Å². The monoisotopic (exact) mass is 700 g/mol. The summed E-state index contributed by atoms with van der Waals surface area (Å²) in [6, 6.07) is 38.7. The normalized spacial score (nSPS) is 12.8. The van der Waals surface area contributed by atoms with Gasteiger partial charge in [0, 0.05) is 0 Å². The molecular weight excluding hydrogens is 668 g/mol. The minimum absolute atomic E-state index is 0.0352. The largest absolute Gasteiger partial charge is 0.458 e. The van der Waals surface area contributed by atoms with Gasteiger partial charge in [0.1, 0.15) is 6.61 Å². The lowest BCUT2D eigenvalue weighted by Gasteiger charge is -2.34. The maximum atomic E-state index is 13.7. The van der Waals surface area contributed by atoms with Crippen molar-refractivity contribution in [2.45, 2.75) is 24.4 Å². The summed E-state index contributed by atoms with van der Waals surface area (Å²) in [5, 5.41) is 0. The number of benzene rings is 5. The van der Waals surface area contributed by atoms with Gasteiger partial charge in [-0.05, 0) is 60.7 Å². The minimum Gasteiger partial charge on any atom is -0.458 e. The fourth-order valence-corrected chi connectivity index (χ4v) is 4.94. The van der Waals surface area contributed by atoms with Gasteiger partial charge in [-0.3, -0.25) is 4.79 Å². The van der Waals surface area contributed by atoms with E-state index in [9.17, 15) is 28.8 Å². The highest BCUT2D eigenvalue weighted by atomic mass is 16.6. The lowest BCUT2D eigenvalue weighted by atomic mass is 10.0. The lowest BCUT2D eigenvalue weighted by molar-refractivity contribution is -0.143. The first-order valence-electron chi connectivity index (χ1n) is 16.1. The van der Waals surface area contributed by atoms with Crippen molar-refractivity contribution in [2.24, 2.45) is 0 Å². The van der Waals surface area contributed by atoms with E-state index in [1.54, 1.807) is 91.0 Å². The quantitative estimate of drug-likeness (QED) is 0.0725. The van der Waals surface area contributed by atoms with Crippen LogP contribution < -0.4 is 0 Å². The van der Waals surface area contributed by atoms with Gasteiger partial charge in [0.15, 0.2) is 30.7 Å². The topological polar surface area (TPSA) is 149 Å². The number of carbonyl (C=O) groups is 6. The van der Waals surface area contributed by atoms with E-state index in [2.05, 4.69) is 0 Å². The zero-order valence-corrected chi connectivity index (χ0v) is 27.5. The SMILES string of the molecule is O=C[C@@H](OC(=O)c1ccccc1)[C@@H](OC(=O)c1ccccc1)[C@H](OC(=O)c1ccccc1)[C@@H](COC(=O)c1ccccc1)OC(=O)c1ccccc1. The molecule has 0 spiro atoms. The van der Waals surface area contributed by atoms with Crippen LogP contribution in [0.4, 0.5) is 0 Å². The van der Waals surface area contributed by atoms with Gasteiger partial charge in [-0.1, -0.05) is 91.0 Å². The molecule has 5 aromatic rings.